The Morgan fingerprint density at radius 1 is 1.50 bits per heavy atom. The maximum atomic E-state index is 11.9. The first-order valence-corrected chi connectivity index (χ1v) is 5.35. The summed E-state index contributed by atoms with van der Waals surface area (Å²) < 4.78 is 5.13. The lowest BCUT2D eigenvalue weighted by molar-refractivity contribution is 0.0839. The van der Waals surface area contributed by atoms with Crippen molar-refractivity contribution in [1.82, 2.24) is 0 Å². The third kappa shape index (κ3) is 1.89. The standard InChI is InChI=1S/C12H16O2/c1-9-4-2-5-10(8-9)12(13)11-6-3-7-14-11/h3,6-7,9-10H,2,4-5,8H2,1H3. The Kier molecular flexibility index (Phi) is 2.71. The molecular formula is C12H16O2. The molecule has 76 valence electrons. The first-order valence-electron chi connectivity index (χ1n) is 5.35. The molecule has 1 aliphatic rings. The summed E-state index contributed by atoms with van der Waals surface area (Å²) in [4.78, 5) is 11.9. The summed E-state index contributed by atoms with van der Waals surface area (Å²) in [7, 11) is 0. The molecule has 0 aromatic carbocycles. The van der Waals surface area contributed by atoms with Crippen molar-refractivity contribution in [1.29, 1.82) is 0 Å². The lowest BCUT2D eigenvalue weighted by Crippen LogP contribution is -2.21. The number of ketones is 1. The molecule has 1 aromatic heterocycles. The van der Waals surface area contributed by atoms with Crippen LogP contribution in [0.2, 0.25) is 0 Å². The van der Waals surface area contributed by atoms with E-state index >= 15 is 0 Å². The van der Waals surface area contributed by atoms with E-state index in [2.05, 4.69) is 6.92 Å². The molecule has 0 spiro atoms. The molecular weight excluding hydrogens is 176 g/mol. The molecule has 2 nitrogen and oxygen atoms in total. The van der Waals surface area contributed by atoms with Crippen molar-refractivity contribution in [3.8, 4) is 0 Å². The fourth-order valence-electron chi connectivity index (χ4n) is 2.29. The molecule has 0 radical (unpaired) electrons. The third-order valence-corrected chi connectivity index (χ3v) is 3.07. The zero-order valence-electron chi connectivity index (χ0n) is 8.53. The smallest absolute Gasteiger partial charge is 0.201 e. The van der Waals surface area contributed by atoms with Gasteiger partial charge in [-0.2, -0.15) is 0 Å². The van der Waals surface area contributed by atoms with Crippen LogP contribution >= 0.6 is 0 Å². The molecule has 0 N–H and O–H groups in total. The van der Waals surface area contributed by atoms with Gasteiger partial charge in [0.1, 0.15) is 0 Å². The van der Waals surface area contributed by atoms with E-state index in [4.69, 9.17) is 4.42 Å². The first kappa shape index (κ1) is 9.50. The van der Waals surface area contributed by atoms with Gasteiger partial charge in [-0.15, -0.1) is 0 Å². The van der Waals surface area contributed by atoms with Crippen LogP contribution in [-0.4, -0.2) is 5.78 Å². The highest BCUT2D eigenvalue weighted by atomic mass is 16.3. The minimum atomic E-state index is 0.196. The van der Waals surface area contributed by atoms with Crippen molar-refractivity contribution in [2.45, 2.75) is 32.6 Å². The average Bonchev–Trinajstić information content (AvgIpc) is 2.69. The predicted molar refractivity (Wildman–Crippen MR) is 54.2 cm³/mol. The summed E-state index contributed by atoms with van der Waals surface area (Å²) >= 11 is 0. The molecule has 1 fully saturated rings. The zero-order chi connectivity index (χ0) is 9.97. The van der Waals surface area contributed by atoms with E-state index in [0.717, 1.165) is 12.8 Å². The number of carbonyl (C=O) groups is 1. The Labute approximate surface area is 84.3 Å². The number of hydrogen-bond donors (Lipinski definition) is 0. The largest absolute Gasteiger partial charge is 0.461 e. The highest BCUT2D eigenvalue weighted by Crippen LogP contribution is 2.30. The van der Waals surface area contributed by atoms with E-state index in [9.17, 15) is 4.79 Å². The molecule has 0 saturated heterocycles. The summed E-state index contributed by atoms with van der Waals surface area (Å²) in [5, 5.41) is 0. The summed E-state index contributed by atoms with van der Waals surface area (Å²) in [5.74, 6) is 1.61. The Morgan fingerprint density at radius 3 is 3.00 bits per heavy atom. The molecule has 1 heterocycles. The minimum absolute atomic E-state index is 0.196. The summed E-state index contributed by atoms with van der Waals surface area (Å²) in [6.45, 7) is 2.22. The molecule has 0 bridgehead atoms. The number of Topliss-reactive ketones (excluding diaryl/α,β-unsaturated/α-hetero) is 1. The number of rotatable bonds is 2. The fraction of sp³-hybridized carbons (Fsp3) is 0.583. The molecule has 0 amide bonds. The second kappa shape index (κ2) is 3.99. The monoisotopic (exact) mass is 192 g/mol. The Balaban J connectivity index is 2.04. The predicted octanol–water partition coefficient (Wildman–Crippen LogP) is 3.29. The number of furan rings is 1. The fourth-order valence-corrected chi connectivity index (χ4v) is 2.29. The summed E-state index contributed by atoms with van der Waals surface area (Å²) in [5.41, 5.74) is 0. The maximum Gasteiger partial charge on any atom is 0.201 e. The lowest BCUT2D eigenvalue weighted by Gasteiger charge is -2.24. The van der Waals surface area contributed by atoms with E-state index in [1.54, 1.807) is 18.4 Å². The van der Waals surface area contributed by atoms with Gasteiger partial charge in [-0.3, -0.25) is 4.79 Å². The molecule has 2 rings (SSSR count). The number of carbonyl (C=O) groups excluding carboxylic acids is 1. The topological polar surface area (TPSA) is 30.2 Å². The minimum Gasteiger partial charge on any atom is -0.461 e. The second-order valence-electron chi connectivity index (χ2n) is 4.31. The van der Waals surface area contributed by atoms with Crippen molar-refractivity contribution in [3.63, 3.8) is 0 Å². The molecule has 1 aromatic rings. The summed E-state index contributed by atoms with van der Waals surface area (Å²) in [6.07, 6.45) is 6.07. The maximum absolute atomic E-state index is 11.9. The van der Waals surface area contributed by atoms with E-state index in [1.807, 2.05) is 0 Å². The van der Waals surface area contributed by atoms with Gasteiger partial charge in [-0.25, -0.2) is 0 Å². The van der Waals surface area contributed by atoms with E-state index < -0.39 is 0 Å². The van der Waals surface area contributed by atoms with E-state index in [1.165, 1.54) is 12.8 Å². The van der Waals surface area contributed by atoms with Crippen molar-refractivity contribution >= 4 is 5.78 Å². The van der Waals surface area contributed by atoms with Crippen molar-refractivity contribution in [2.24, 2.45) is 11.8 Å². The SMILES string of the molecule is CC1CCCC(C(=O)c2ccco2)C1. The molecule has 1 saturated carbocycles. The van der Waals surface area contributed by atoms with Crippen LogP contribution in [0, 0.1) is 11.8 Å². The average molecular weight is 192 g/mol. The molecule has 2 unspecified atom stereocenters. The first-order chi connectivity index (χ1) is 6.77. The van der Waals surface area contributed by atoms with Crippen LogP contribution in [0.4, 0.5) is 0 Å². The van der Waals surface area contributed by atoms with Crippen molar-refractivity contribution < 1.29 is 9.21 Å². The van der Waals surface area contributed by atoms with Crippen LogP contribution in [0.3, 0.4) is 0 Å². The molecule has 2 atom stereocenters. The number of hydrogen-bond acceptors (Lipinski definition) is 2. The van der Waals surface area contributed by atoms with E-state index in [0.29, 0.717) is 11.7 Å². The third-order valence-electron chi connectivity index (χ3n) is 3.07. The molecule has 2 heteroatoms. The van der Waals surface area contributed by atoms with Gasteiger partial charge in [0, 0.05) is 5.92 Å². The van der Waals surface area contributed by atoms with Crippen LogP contribution in [0.5, 0.6) is 0 Å². The van der Waals surface area contributed by atoms with Crippen LogP contribution in [-0.2, 0) is 0 Å². The highest BCUT2D eigenvalue weighted by Gasteiger charge is 2.27. The summed E-state index contributed by atoms with van der Waals surface area (Å²) in [6, 6.07) is 3.54. The normalized spacial score (nSPS) is 27.5. The van der Waals surface area contributed by atoms with Gasteiger partial charge in [-0.05, 0) is 30.9 Å². The van der Waals surface area contributed by atoms with Crippen molar-refractivity contribution in [2.75, 3.05) is 0 Å². The Bertz CT molecular complexity index is 300. The van der Waals surface area contributed by atoms with Gasteiger partial charge in [0.2, 0.25) is 5.78 Å². The zero-order valence-corrected chi connectivity index (χ0v) is 8.53. The van der Waals surface area contributed by atoms with Gasteiger partial charge in [0.15, 0.2) is 5.76 Å². The Morgan fingerprint density at radius 2 is 2.36 bits per heavy atom. The van der Waals surface area contributed by atoms with Crippen LogP contribution in [0.25, 0.3) is 0 Å². The second-order valence-corrected chi connectivity index (χ2v) is 4.31. The quantitative estimate of drug-likeness (QED) is 0.673. The molecule has 0 aliphatic heterocycles. The van der Waals surface area contributed by atoms with Gasteiger partial charge < -0.3 is 4.42 Å². The van der Waals surface area contributed by atoms with Gasteiger partial charge in [0.25, 0.3) is 0 Å². The van der Waals surface area contributed by atoms with Crippen molar-refractivity contribution in [3.05, 3.63) is 24.2 Å². The molecule has 1 aliphatic carbocycles. The Hall–Kier alpha value is -1.05. The molecule has 14 heavy (non-hydrogen) atoms. The van der Waals surface area contributed by atoms with Gasteiger partial charge >= 0.3 is 0 Å². The van der Waals surface area contributed by atoms with Crippen LogP contribution < -0.4 is 0 Å². The van der Waals surface area contributed by atoms with E-state index in [-0.39, 0.29) is 11.7 Å². The van der Waals surface area contributed by atoms with Gasteiger partial charge in [0.05, 0.1) is 6.26 Å². The van der Waals surface area contributed by atoms with Crippen LogP contribution in [0.1, 0.15) is 43.2 Å². The highest BCUT2D eigenvalue weighted by molar-refractivity contribution is 5.95. The lowest BCUT2D eigenvalue weighted by atomic mass is 9.80. The van der Waals surface area contributed by atoms with Crippen LogP contribution in [0.15, 0.2) is 22.8 Å². The van der Waals surface area contributed by atoms with Gasteiger partial charge in [-0.1, -0.05) is 19.8 Å².